The van der Waals surface area contributed by atoms with E-state index < -0.39 is 72.6 Å². The van der Waals surface area contributed by atoms with Gasteiger partial charge < -0.3 is 29.2 Å². The molecule has 10 nitrogen and oxygen atoms in total. The Balaban J connectivity index is 1.53. The fourth-order valence-electron chi connectivity index (χ4n) is 3.22. The van der Waals surface area contributed by atoms with Crippen LogP contribution in [0.2, 0.25) is 0 Å². The Labute approximate surface area is 180 Å². The molecule has 32 heavy (non-hydrogen) atoms. The molecule has 2 fully saturated rings. The molecule has 0 unspecified atom stereocenters. The standard InChI is InChI=1S/C22H16O10/c23-14(19-16(25)9-31-21(19)27)7-29-12-5-4-11-2-1-3-18(13(11)6-12)30-8-15(24)20-17(26)10-32-22(20)28/h1-6,23-24H,7-10H2/b19-14-,20-15-. The number of hydrogen-bond acceptors (Lipinski definition) is 10. The number of aliphatic hydroxyl groups excluding tert-OH is 2. The van der Waals surface area contributed by atoms with E-state index in [1.807, 2.05) is 0 Å². The lowest BCUT2D eigenvalue weighted by Gasteiger charge is -2.12. The van der Waals surface area contributed by atoms with Gasteiger partial charge in [0.2, 0.25) is 11.6 Å². The fraction of sp³-hybridized carbons (Fsp3) is 0.182. The van der Waals surface area contributed by atoms with Crippen LogP contribution in [0.5, 0.6) is 11.5 Å². The summed E-state index contributed by atoms with van der Waals surface area (Å²) in [4.78, 5) is 46.3. The molecule has 2 N–H and O–H groups in total. The molecule has 164 valence electrons. The van der Waals surface area contributed by atoms with Crippen LogP contribution in [0.15, 0.2) is 59.1 Å². The second-order valence-corrected chi connectivity index (χ2v) is 6.86. The van der Waals surface area contributed by atoms with Crippen molar-refractivity contribution >= 4 is 34.3 Å². The normalized spacial score (nSPS) is 19.1. The Morgan fingerprint density at radius 3 is 1.97 bits per heavy atom. The number of benzene rings is 2. The van der Waals surface area contributed by atoms with E-state index in [9.17, 15) is 29.4 Å². The number of rotatable bonds is 6. The molecule has 2 aliphatic heterocycles. The molecule has 2 aliphatic rings. The van der Waals surface area contributed by atoms with Gasteiger partial charge in [0.15, 0.2) is 13.2 Å². The van der Waals surface area contributed by atoms with Gasteiger partial charge >= 0.3 is 11.9 Å². The third-order valence-corrected chi connectivity index (χ3v) is 4.77. The first-order valence-electron chi connectivity index (χ1n) is 9.38. The first-order chi connectivity index (χ1) is 15.3. The summed E-state index contributed by atoms with van der Waals surface area (Å²) in [5.74, 6) is -3.48. The maximum atomic E-state index is 11.6. The number of ether oxygens (including phenoxy) is 4. The minimum atomic E-state index is -0.900. The van der Waals surface area contributed by atoms with Crippen LogP contribution in [-0.4, -0.2) is 60.1 Å². The third kappa shape index (κ3) is 3.97. The van der Waals surface area contributed by atoms with Crippen LogP contribution in [-0.2, 0) is 28.7 Å². The first kappa shape index (κ1) is 20.9. The van der Waals surface area contributed by atoms with E-state index in [0.29, 0.717) is 16.9 Å². The highest BCUT2D eigenvalue weighted by Crippen LogP contribution is 2.30. The highest BCUT2D eigenvalue weighted by molar-refractivity contribution is 6.22. The molecule has 0 aliphatic carbocycles. The van der Waals surface area contributed by atoms with Crippen molar-refractivity contribution in [2.45, 2.75) is 0 Å². The number of hydrogen-bond donors (Lipinski definition) is 2. The number of carbonyl (C=O) groups excluding carboxylic acids is 4. The summed E-state index contributed by atoms with van der Waals surface area (Å²) >= 11 is 0. The fourth-order valence-corrected chi connectivity index (χ4v) is 3.22. The van der Waals surface area contributed by atoms with Gasteiger partial charge in [-0.05, 0) is 23.6 Å². The van der Waals surface area contributed by atoms with Crippen LogP contribution in [0.25, 0.3) is 10.8 Å². The SMILES string of the molecule is O=C1COC(=O)/C1=C(\O)COc1ccc2cccc(OC/C(O)=C3\C(=O)COC3=O)c2c1. The summed E-state index contributed by atoms with van der Waals surface area (Å²) in [6, 6.07) is 10.1. The first-order valence-corrected chi connectivity index (χ1v) is 9.38. The summed E-state index contributed by atoms with van der Waals surface area (Å²) in [5, 5.41) is 21.4. The maximum Gasteiger partial charge on any atom is 0.345 e. The lowest BCUT2D eigenvalue weighted by molar-refractivity contribution is -0.136. The Morgan fingerprint density at radius 2 is 1.41 bits per heavy atom. The van der Waals surface area contributed by atoms with E-state index in [4.69, 9.17) is 9.47 Å². The van der Waals surface area contributed by atoms with Crippen molar-refractivity contribution < 1.29 is 48.3 Å². The van der Waals surface area contributed by atoms with Gasteiger partial charge in [-0.2, -0.15) is 0 Å². The number of ketones is 2. The maximum absolute atomic E-state index is 11.6. The zero-order valence-corrected chi connectivity index (χ0v) is 16.5. The summed E-state index contributed by atoms with van der Waals surface area (Å²) in [6.45, 7) is -1.69. The highest BCUT2D eigenvalue weighted by Gasteiger charge is 2.33. The highest BCUT2D eigenvalue weighted by atomic mass is 16.6. The molecule has 10 heteroatoms. The van der Waals surface area contributed by atoms with Gasteiger partial charge in [-0.25, -0.2) is 9.59 Å². The quantitative estimate of drug-likeness (QED) is 0.293. The molecule has 2 heterocycles. The monoisotopic (exact) mass is 440 g/mol. The number of Topliss-reactive ketones (excluding diaryl/α,β-unsaturated/α-hetero) is 2. The number of esters is 2. The predicted octanol–water partition coefficient (Wildman–Crippen LogP) is 1.47. The second-order valence-electron chi connectivity index (χ2n) is 6.86. The molecule has 2 aromatic carbocycles. The molecule has 2 aromatic rings. The molecule has 0 bridgehead atoms. The molecule has 0 spiro atoms. The Bertz CT molecular complexity index is 1180. The van der Waals surface area contributed by atoms with Crippen LogP contribution in [0, 0.1) is 0 Å². The summed E-state index contributed by atoms with van der Waals surface area (Å²) in [7, 11) is 0. The van der Waals surface area contributed by atoms with Gasteiger partial charge in [0.05, 0.1) is 0 Å². The van der Waals surface area contributed by atoms with Crippen LogP contribution in [0.4, 0.5) is 0 Å². The topological polar surface area (TPSA) is 146 Å². The van der Waals surface area contributed by atoms with E-state index in [2.05, 4.69) is 9.47 Å². The van der Waals surface area contributed by atoms with Crippen molar-refractivity contribution in [2.24, 2.45) is 0 Å². The van der Waals surface area contributed by atoms with Gasteiger partial charge in [-0.3, -0.25) is 9.59 Å². The van der Waals surface area contributed by atoms with Crippen molar-refractivity contribution in [3.63, 3.8) is 0 Å². The average molecular weight is 440 g/mol. The number of carbonyl (C=O) groups is 4. The van der Waals surface area contributed by atoms with E-state index in [1.54, 1.807) is 36.4 Å². The van der Waals surface area contributed by atoms with Crippen molar-refractivity contribution in [3.05, 3.63) is 59.1 Å². The van der Waals surface area contributed by atoms with Gasteiger partial charge in [0.25, 0.3) is 0 Å². The molecular weight excluding hydrogens is 424 g/mol. The lowest BCUT2D eigenvalue weighted by atomic mass is 10.1. The summed E-state index contributed by atoms with van der Waals surface area (Å²) in [6.07, 6.45) is 0. The van der Waals surface area contributed by atoms with E-state index >= 15 is 0 Å². The van der Waals surface area contributed by atoms with Crippen molar-refractivity contribution in [1.29, 1.82) is 0 Å². The molecule has 4 rings (SSSR count). The minimum absolute atomic E-state index is 0.302. The lowest BCUT2D eigenvalue weighted by Crippen LogP contribution is -2.12. The number of aliphatic hydroxyl groups is 2. The molecular formula is C22H16O10. The van der Waals surface area contributed by atoms with E-state index in [0.717, 1.165) is 5.39 Å². The number of cyclic esters (lactones) is 2. The zero-order chi connectivity index (χ0) is 22.8. The van der Waals surface area contributed by atoms with Gasteiger partial charge in [0.1, 0.15) is 47.4 Å². The summed E-state index contributed by atoms with van der Waals surface area (Å²) < 4.78 is 20.2. The van der Waals surface area contributed by atoms with Crippen molar-refractivity contribution in [1.82, 2.24) is 0 Å². The molecule has 0 radical (unpaired) electrons. The average Bonchev–Trinajstić information content (AvgIpc) is 3.30. The molecule has 0 atom stereocenters. The third-order valence-electron chi connectivity index (χ3n) is 4.77. The van der Waals surface area contributed by atoms with Crippen molar-refractivity contribution in [3.8, 4) is 11.5 Å². The van der Waals surface area contributed by atoms with Crippen LogP contribution >= 0.6 is 0 Å². The molecule has 0 amide bonds. The van der Waals surface area contributed by atoms with E-state index in [1.165, 1.54) is 0 Å². The molecule has 0 saturated carbocycles. The van der Waals surface area contributed by atoms with E-state index in [-0.39, 0.29) is 0 Å². The minimum Gasteiger partial charge on any atom is -0.508 e. The molecule has 2 saturated heterocycles. The second kappa shape index (κ2) is 8.42. The Hall–Kier alpha value is -4.34. The van der Waals surface area contributed by atoms with Crippen molar-refractivity contribution in [2.75, 3.05) is 26.4 Å². The van der Waals surface area contributed by atoms with Crippen LogP contribution in [0.3, 0.4) is 0 Å². The van der Waals surface area contributed by atoms with Gasteiger partial charge in [-0.15, -0.1) is 0 Å². The van der Waals surface area contributed by atoms with Gasteiger partial charge in [-0.1, -0.05) is 18.2 Å². The predicted molar refractivity (Wildman–Crippen MR) is 106 cm³/mol. The van der Waals surface area contributed by atoms with Gasteiger partial charge in [0, 0.05) is 5.39 Å². The largest absolute Gasteiger partial charge is 0.508 e. The van der Waals surface area contributed by atoms with Crippen LogP contribution in [0.1, 0.15) is 0 Å². The number of fused-ring (bicyclic) bond motifs is 1. The Kier molecular flexibility index (Phi) is 5.50. The zero-order valence-electron chi connectivity index (χ0n) is 16.5. The Morgan fingerprint density at radius 1 is 0.812 bits per heavy atom. The molecule has 0 aromatic heterocycles. The smallest absolute Gasteiger partial charge is 0.345 e. The van der Waals surface area contributed by atoms with Crippen LogP contribution < -0.4 is 9.47 Å². The summed E-state index contributed by atoms with van der Waals surface area (Å²) in [5.41, 5.74) is -0.865.